The second kappa shape index (κ2) is 6.92. The lowest BCUT2D eigenvalue weighted by Gasteiger charge is -2.10. The van der Waals surface area contributed by atoms with E-state index >= 15 is 0 Å². The van der Waals surface area contributed by atoms with E-state index in [1.165, 1.54) is 19.2 Å². The van der Waals surface area contributed by atoms with Gasteiger partial charge in [-0.2, -0.15) is 10.5 Å². The summed E-state index contributed by atoms with van der Waals surface area (Å²) in [7, 11) is 1.51. The van der Waals surface area contributed by atoms with Crippen LogP contribution in [-0.2, 0) is 0 Å². The lowest BCUT2D eigenvalue weighted by Crippen LogP contribution is -1.94. The van der Waals surface area contributed by atoms with E-state index in [9.17, 15) is 9.50 Å². The molecule has 0 amide bonds. The van der Waals surface area contributed by atoms with Crippen molar-refractivity contribution in [2.75, 3.05) is 7.11 Å². The van der Waals surface area contributed by atoms with Gasteiger partial charge in [-0.1, -0.05) is 18.2 Å². The summed E-state index contributed by atoms with van der Waals surface area (Å²) in [5, 5.41) is 28.6. The molecule has 0 aliphatic carbocycles. The van der Waals surface area contributed by atoms with Crippen LogP contribution in [0.25, 0.3) is 27.9 Å². The molecule has 126 valence electrons. The Kier molecular flexibility index (Phi) is 4.51. The molecule has 0 fully saturated rings. The highest BCUT2D eigenvalue weighted by atomic mass is 19.1. The van der Waals surface area contributed by atoms with Gasteiger partial charge in [-0.15, -0.1) is 0 Å². The SMILES string of the molecule is COc1cc(-c2cccc(F)c2)nc2cc(C(O)=C(C#N)C#N)ccc12. The lowest BCUT2D eigenvalue weighted by molar-refractivity contribution is 0.419. The molecule has 0 aliphatic rings. The van der Waals surface area contributed by atoms with Crippen LogP contribution in [-0.4, -0.2) is 17.2 Å². The molecule has 0 radical (unpaired) electrons. The van der Waals surface area contributed by atoms with Gasteiger partial charge in [-0.3, -0.25) is 0 Å². The van der Waals surface area contributed by atoms with Gasteiger partial charge >= 0.3 is 0 Å². The van der Waals surface area contributed by atoms with Gasteiger partial charge in [0.2, 0.25) is 0 Å². The summed E-state index contributed by atoms with van der Waals surface area (Å²) in [6.45, 7) is 0. The van der Waals surface area contributed by atoms with E-state index in [4.69, 9.17) is 15.3 Å². The van der Waals surface area contributed by atoms with Crippen LogP contribution in [0.3, 0.4) is 0 Å². The van der Waals surface area contributed by atoms with Crippen molar-refractivity contribution in [3.63, 3.8) is 0 Å². The van der Waals surface area contributed by atoms with Gasteiger partial charge < -0.3 is 9.84 Å². The first-order valence-corrected chi connectivity index (χ1v) is 7.56. The number of hydrogen-bond acceptors (Lipinski definition) is 5. The zero-order valence-electron chi connectivity index (χ0n) is 13.7. The molecule has 0 spiro atoms. The fraction of sp³-hybridized carbons (Fsp3) is 0.0500. The van der Waals surface area contributed by atoms with Crippen molar-refractivity contribution >= 4 is 16.7 Å². The number of hydrogen-bond donors (Lipinski definition) is 1. The Morgan fingerprint density at radius 1 is 1.12 bits per heavy atom. The molecule has 2 aromatic carbocycles. The van der Waals surface area contributed by atoms with Gasteiger partial charge in [-0.05, 0) is 24.3 Å². The van der Waals surface area contributed by atoms with E-state index in [1.807, 2.05) is 0 Å². The third kappa shape index (κ3) is 3.04. The second-order valence-corrected chi connectivity index (χ2v) is 5.40. The summed E-state index contributed by atoms with van der Waals surface area (Å²) in [6, 6.07) is 15.8. The quantitative estimate of drug-likeness (QED) is 0.562. The fourth-order valence-electron chi connectivity index (χ4n) is 2.58. The number of nitriles is 2. The van der Waals surface area contributed by atoms with Crippen molar-refractivity contribution in [1.29, 1.82) is 10.5 Å². The maximum atomic E-state index is 13.5. The predicted octanol–water partition coefficient (Wildman–Crippen LogP) is 4.37. The first-order valence-electron chi connectivity index (χ1n) is 7.56. The number of benzene rings is 2. The molecule has 1 heterocycles. The van der Waals surface area contributed by atoms with Crippen molar-refractivity contribution in [2.45, 2.75) is 0 Å². The zero-order valence-corrected chi connectivity index (χ0v) is 13.7. The Labute approximate surface area is 148 Å². The van der Waals surface area contributed by atoms with Gasteiger partial charge in [0, 0.05) is 22.6 Å². The van der Waals surface area contributed by atoms with Crippen molar-refractivity contribution in [3.8, 4) is 29.1 Å². The van der Waals surface area contributed by atoms with Crippen LogP contribution in [0.15, 0.2) is 54.1 Å². The van der Waals surface area contributed by atoms with Gasteiger partial charge in [0.25, 0.3) is 0 Å². The normalized spacial score (nSPS) is 10.0. The number of methoxy groups -OCH3 is 1. The minimum absolute atomic E-state index is 0.279. The first-order chi connectivity index (χ1) is 12.6. The van der Waals surface area contributed by atoms with Crippen LogP contribution in [0.4, 0.5) is 4.39 Å². The Balaban J connectivity index is 2.25. The summed E-state index contributed by atoms with van der Waals surface area (Å²) in [5.41, 5.74) is 1.43. The summed E-state index contributed by atoms with van der Waals surface area (Å²) in [5.74, 6) is -0.274. The van der Waals surface area contributed by atoms with Crippen LogP contribution < -0.4 is 4.74 Å². The van der Waals surface area contributed by atoms with Gasteiger partial charge in [-0.25, -0.2) is 9.37 Å². The topological polar surface area (TPSA) is 89.9 Å². The van der Waals surface area contributed by atoms with Crippen LogP contribution >= 0.6 is 0 Å². The van der Waals surface area contributed by atoms with E-state index in [-0.39, 0.29) is 11.4 Å². The van der Waals surface area contributed by atoms with Crippen molar-refractivity contribution < 1.29 is 14.2 Å². The number of rotatable bonds is 3. The van der Waals surface area contributed by atoms with Crippen LogP contribution in [0.1, 0.15) is 5.56 Å². The van der Waals surface area contributed by atoms with E-state index in [1.54, 1.807) is 48.5 Å². The molecule has 0 atom stereocenters. The van der Waals surface area contributed by atoms with Crippen LogP contribution in [0, 0.1) is 28.5 Å². The highest BCUT2D eigenvalue weighted by molar-refractivity contribution is 5.90. The summed E-state index contributed by atoms with van der Waals surface area (Å²) in [4.78, 5) is 4.50. The molecule has 26 heavy (non-hydrogen) atoms. The van der Waals surface area contributed by atoms with Gasteiger partial charge in [0.05, 0.1) is 18.3 Å². The number of aromatic nitrogens is 1. The monoisotopic (exact) mass is 345 g/mol. The molecule has 1 aromatic heterocycles. The number of nitrogens with zero attached hydrogens (tertiary/aromatic N) is 3. The molecule has 5 nitrogen and oxygen atoms in total. The Morgan fingerprint density at radius 3 is 2.54 bits per heavy atom. The molecule has 0 aliphatic heterocycles. The van der Waals surface area contributed by atoms with E-state index in [0.717, 1.165) is 0 Å². The molecule has 6 heteroatoms. The van der Waals surface area contributed by atoms with Crippen molar-refractivity contribution in [1.82, 2.24) is 4.98 Å². The molecule has 0 unspecified atom stereocenters. The Hall–Kier alpha value is -3.90. The minimum atomic E-state index is -0.422. The Morgan fingerprint density at radius 2 is 1.88 bits per heavy atom. The number of aliphatic hydroxyl groups is 1. The first kappa shape index (κ1) is 16.9. The maximum Gasteiger partial charge on any atom is 0.171 e. The van der Waals surface area contributed by atoms with Gasteiger partial charge in [0.1, 0.15) is 23.7 Å². The molecule has 0 saturated heterocycles. The lowest BCUT2D eigenvalue weighted by atomic mass is 10.0. The molecule has 3 rings (SSSR count). The zero-order chi connectivity index (χ0) is 18.7. The Bertz CT molecular complexity index is 1110. The number of ether oxygens (including phenoxy) is 1. The second-order valence-electron chi connectivity index (χ2n) is 5.40. The average molecular weight is 345 g/mol. The molecular formula is C20H12FN3O2. The number of pyridine rings is 1. The summed E-state index contributed by atoms with van der Waals surface area (Å²) in [6.07, 6.45) is 0. The van der Waals surface area contributed by atoms with E-state index in [2.05, 4.69) is 4.98 Å². The summed E-state index contributed by atoms with van der Waals surface area (Å²) < 4.78 is 18.9. The van der Waals surface area contributed by atoms with E-state index in [0.29, 0.717) is 27.9 Å². The summed E-state index contributed by atoms with van der Waals surface area (Å²) >= 11 is 0. The van der Waals surface area contributed by atoms with Crippen molar-refractivity contribution in [2.24, 2.45) is 0 Å². The molecule has 0 saturated carbocycles. The number of aliphatic hydroxyl groups excluding tert-OH is 1. The predicted molar refractivity (Wildman–Crippen MR) is 94.5 cm³/mol. The highest BCUT2D eigenvalue weighted by Crippen LogP contribution is 2.32. The molecule has 3 aromatic rings. The maximum absolute atomic E-state index is 13.5. The minimum Gasteiger partial charge on any atom is -0.505 e. The van der Waals surface area contributed by atoms with Crippen LogP contribution in [0.5, 0.6) is 5.75 Å². The molecule has 0 bridgehead atoms. The molecule has 1 N–H and O–H groups in total. The van der Waals surface area contributed by atoms with Gasteiger partial charge in [0.15, 0.2) is 11.3 Å². The van der Waals surface area contributed by atoms with Crippen molar-refractivity contribution in [3.05, 3.63) is 65.5 Å². The highest BCUT2D eigenvalue weighted by Gasteiger charge is 2.13. The van der Waals surface area contributed by atoms with E-state index < -0.39 is 11.3 Å². The molecular weight excluding hydrogens is 333 g/mol. The smallest absolute Gasteiger partial charge is 0.171 e. The number of halogens is 1. The fourth-order valence-corrected chi connectivity index (χ4v) is 2.58. The third-order valence-corrected chi connectivity index (χ3v) is 3.85. The van der Waals surface area contributed by atoms with Crippen LogP contribution in [0.2, 0.25) is 0 Å². The largest absolute Gasteiger partial charge is 0.505 e. The number of allylic oxidation sites excluding steroid dienone is 1. The average Bonchev–Trinajstić information content (AvgIpc) is 2.67. The standard InChI is InChI=1S/C20H12FN3O2/c1-26-19-9-17(12-3-2-4-15(21)7-12)24-18-8-13(5-6-16(18)19)20(25)14(10-22)11-23/h2-9,25H,1H3. The number of fused-ring (bicyclic) bond motifs is 1. The third-order valence-electron chi connectivity index (χ3n) is 3.85.